The molecule has 0 radical (unpaired) electrons. The number of hydrogen-bond acceptors (Lipinski definition) is 4. The van der Waals surface area contributed by atoms with Crippen LogP contribution in [-0.2, 0) is 4.74 Å². The molecule has 1 fully saturated rings. The molecule has 1 aromatic heterocycles. The predicted octanol–water partition coefficient (Wildman–Crippen LogP) is 4.95. The largest absolute Gasteiger partial charge is 0.438 e. The zero-order valence-electron chi connectivity index (χ0n) is 16.5. The molecule has 0 unspecified atom stereocenters. The molecule has 0 aliphatic carbocycles. The number of amides is 1. The highest BCUT2D eigenvalue weighted by molar-refractivity contribution is 9.10. The van der Waals surface area contributed by atoms with E-state index < -0.39 is 0 Å². The monoisotopic (exact) mass is 454 g/mol. The van der Waals surface area contributed by atoms with E-state index in [1.807, 2.05) is 56.3 Å². The lowest BCUT2D eigenvalue weighted by Crippen LogP contribution is -2.34. The molecule has 4 rings (SSSR count). The van der Waals surface area contributed by atoms with Gasteiger partial charge in [-0.1, -0.05) is 28.1 Å². The molecule has 0 bridgehead atoms. The SMILES string of the molecule is Cc1cccc(N=c2oc3ccc(Br)cc3cc2C(=O)NC[C@@H]2CCCO2)c1C. The highest BCUT2D eigenvalue weighted by Gasteiger charge is 2.18. The Labute approximate surface area is 177 Å². The van der Waals surface area contributed by atoms with Gasteiger partial charge in [-0.05, 0) is 68.1 Å². The van der Waals surface area contributed by atoms with Crippen LogP contribution in [0.15, 0.2) is 56.3 Å². The summed E-state index contributed by atoms with van der Waals surface area (Å²) in [6.07, 6.45) is 2.08. The van der Waals surface area contributed by atoms with Crippen LogP contribution in [-0.4, -0.2) is 25.2 Å². The lowest BCUT2D eigenvalue weighted by molar-refractivity contribution is 0.0854. The first-order valence-corrected chi connectivity index (χ1v) is 10.5. The van der Waals surface area contributed by atoms with Gasteiger partial charge in [-0.25, -0.2) is 4.99 Å². The molecule has 6 heteroatoms. The van der Waals surface area contributed by atoms with E-state index in [-0.39, 0.29) is 12.0 Å². The third-order valence-electron chi connectivity index (χ3n) is 5.27. The summed E-state index contributed by atoms with van der Waals surface area (Å²) < 4.78 is 12.6. The number of ether oxygens (including phenoxy) is 1. The highest BCUT2D eigenvalue weighted by Crippen LogP contribution is 2.23. The van der Waals surface area contributed by atoms with Gasteiger partial charge in [0.15, 0.2) is 0 Å². The molecule has 150 valence electrons. The van der Waals surface area contributed by atoms with E-state index in [1.54, 1.807) is 0 Å². The molecule has 2 aromatic carbocycles. The molecule has 1 aliphatic heterocycles. The van der Waals surface area contributed by atoms with Crippen molar-refractivity contribution >= 4 is 38.5 Å². The molecule has 2 heterocycles. The van der Waals surface area contributed by atoms with Crippen molar-refractivity contribution in [1.82, 2.24) is 5.32 Å². The van der Waals surface area contributed by atoms with Crippen LogP contribution >= 0.6 is 15.9 Å². The van der Waals surface area contributed by atoms with Crippen LogP contribution in [0.4, 0.5) is 5.69 Å². The van der Waals surface area contributed by atoms with Crippen LogP contribution in [0.5, 0.6) is 0 Å². The number of aryl methyl sites for hydroxylation is 1. The number of fused-ring (bicyclic) bond motifs is 1. The van der Waals surface area contributed by atoms with Crippen LogP contribution in [0, 0.1) is 13.8 Å². The minimum atomic E-state index is -0.213. The number of nitrogens with zero attached hydrogens (tertiary/aromatic N) is 1. The summed E-state index contributed by atoms with van der Waals surface area (Å²) in [5.74, 6) is -0.213. The van der Waals surface area contributed by atoms with E-state index >= 15 is 0 Å². The number of nitrogens with one attached hydrogen (secondary N) is 1. The lowest BCUT2D eigenvalue weighted by atomic mass is 10.1. The van der Waals surface area contributed by atoms with Crippen LogP contribution in [0.3, 0.4) is 0 Å². The first-order chi connectivity index (χ1) is 14.0. The average Bonchev–Trinajstić information content (AvgIpc) is 3.23. The van der Waals surface area contributed by atoms with Gasteiger partial charge < -0.3 is 14.5 Å². The van der Waals surface area contributed by atoms with E-state index in [2.05, 4.69) is 21.2 Å². The molecule has 0 spiro atoms. The number of rotatable bonds is 4. The summed E-state index contributed by atoms with van der Waals surface area (Å²) in [6, 6.07) is 13.5. The van der Waals surface area contributed by atoms with Gasteiger partial charge in [-0.2, -0.15) is 0 Å². The Balaban J connectivity index is 1.79. The number of carbonyl (C=O) groups is 1. The van der Waals surface area contributed by atoms with Crippen LogP contribution in [0.2, 0.25) is 0 Å². The molecular weight excluding hydrogens is 432 g/mol. The minimum Gasteiger partial charge on any atom is -0.438 e. The maximum Gasteiger partial charge on any atom is 0.256 e. The quantitative estimate of drug-likeness (QED) is 0.606. The summed E-state index contributed by atoms with van der Waals surface area (Å²) >= 11 is 3.48. The number of halogens is 1. The molecular formula is C23H23BrN2O3. The van der Waals surface area contributed by atoms with E-state index in [0.717, 1.165) is 46.1 Å². The van der Waals surface area contributed by atoms with Gasteiger partial charge in [0.1, 0.15) is 11.1 Å². The van der Waals surface area contributed by atoms with Crippen molar-refractivity contribution in [2.75, 3.05) is 13.2 Å². The van der Waals surface area contributed by atoms with Gasteiger partial charge in [0.2, 0.25) is 5.55 Å². The third kappa shape index (κ3) is 4.43. The van der Waals surface area contributed by atoms with Crippen molar-refractivity contribution in [3.05, 3.63) is 69.2 Å². The summed E-state index contributed by atoms with van der Waals surface area (Å²) in [5, 5.41) is 3.81. The summed E-state index contributed by atoms with van der Waals surface area (Å²) in [5.41, 5.74) is 4.38. The molecule has 29 heavy (non-hydrogen) atoms. The fourth-order valence-corrected chi connectivity index (χ4v) is 3.80. The van der Waals surface area contributed by atoms with Crippen molar-refractivity contribution in [1.29, 1.82) is 0 Å². The van der Waals surface area contributed by atoms with Crippen molar-refractivity contribution in [2.24, 2.45) is 4.99 Å². The normalized spacial score (nSPS) is 17.1. The van der Waals surface area contributed by atoms with Gasteiger partial charge >= 0.3 is 0 Å². The molecule has 0 saturated carbocycles. The fourth-order valence-electron chi connectivity index (χ4n) is 3.42. The van der Waals surface area contributed by atoms with Crippen molar-refractivity contribution in [3.8, 4) is 0 Å². The Bertz CT molecular complexity index is 1130. The Morgan fingerprint density at radius 2 is 2.10 bits per heavy atom. The van der Waals surface area contributed by atoms with Crippen molar-refractivity contribution < 1.29 is 13.9 Å². The average molecular weight is 455 g/mol. The number of hydrogen-bond donors (Lipinski definition) is 1. The summed E-state index contributed by atoms with van der Waals surface area (Å²) in [4.78, 5) is 17.7. The molecule has 3 aromatic rings. The van der Waals surface area contributed by atoms with Gasteiger partial charge in [0.05, 0.1) is 11.8 Å². The molecule has 1 N–H and O–H groups in total. The zero-order chi connectivity index (χ0) is 20.4. The maximum absolute atomic E-state index is 13.0. The fraction of sp³-hybridized carbons (Fsp3) is 0.304. The van der Waals surface area contributed by atoms with E-state index in [0.29, 0.717) is 23.2 Å². The van der Waals surface area contributed by atoms with Gasteiger partial charge in [-0.3, -0.25) is 4.79 Å². The van der Waals surface area contributed by atoms with Crippen LogP contribution in [0.25, 0.3) is 11.0 Å². The molecule has 1 aliphatic rings. The Hall–Kier alpha value is -2.44. The topological polar surface area (TPSA) is 63.8 Å². The molecule has 1 amide bonds. The molecule has 5 nitrogen and oxygen atoms in total. The summed E-state index contributed by atoms with van der Waals surface area (Å²) in [6.45, 7) is 5.30. The van der Waals surface area contributed by atoms with Crippen LogP contribution < -0.4 is 10.9 Å². The van der Waals surface area contributed by atoms with E-state index in [9.17, 15) is 4.79 Å². The Kier molecular flexibility index (Phi) is 5.83. The van der Waals surface area contributed by atoms with E-state index in [1.165, 1.54) is 0 Å². The van der Waals surface area contributed by atoms with Crippen LogP contribution in [0.1, 0.15) is 34.3 Å². The smallest absolute Gasteiger partial charge is 0.256 e. The third-order valence-corrected chi connectivity index (χ3v) is 5.76. The van der Waals surface area contributed by atoms with Crippen molar-refractivity contribution in [3.63, 3.8) is 0 Å². The number of carbonyl (C=O) groups excluding carboxylic acids is 1. The lowest BCUT2D eigenvalue weighted by Gasteiger charge is -2.11. The minimum absolute atomic E-state index is 0.0740. The predicted molar refractivity (Wildman–Crippen MR) is 116 cm³/mol. The zero-order valence-corrected chi connectivity index (χ0v) is 18.1. The van der Waals surface area contributed by atoms with Gasteiger partial charge in [0.25, 0.3) is 5.91 Å². The van der Waals surface area contributed by atoms with Gasteiger partial charge in [0, 0.05) is 23.0 Å². The Morgan fingerprint density at radius 1 is 1.24 bits per heavy atom. The highest BCUT2D eigenvalue weighted by atomic mass is 79.9. The van der Waals surface area contributed by atoms with Gasteiger partial charge in [-0.15, -0.1) is 0 Å². The Morgan fingerprint density at radius 3 is 2.90 bits per heavy atom. The molecule has 1 atom stereocenters. The standard InChI is InChI=1S/C23H23BrN2O3/c1-14-5-3-7-20(15(14)2)26-23-19(22(27)25-13-18-6-4-10-28-18)12-16-11-17(24)8-9-21(16)29-23/h3,5,7-9,11-12,18H,4,6,10,13H2,1-2H3,(H,25,27)/t18-/m0/s1. The van der Waals surface area contributed by atoms with Crippen molar-refractivity contribution in [2.45, 2.75) is 32.8 Å². The second-order valence-electron chi connectivity index (χ2n) is 7.32. The number of benzene rings is 2. The second-order valence-corrected chi connectivity index (χ2v) is 8.24. The second kappa shape index (κ2) is 8.51. The maximum atomic E-state index is 13.0. The first kappa shape index (κ1) is 19.9. The molecule has 1 saturated heterocycles. The first-order valence-electron chi connectivity index (χ1n) is 9.75. The summed E-state index contributed by atoms with van der Waals surface area (Å²) in [7, 11) is 0. The van der Waals surface area contributed by atoms with E-state index in [4.69, 9.17) is 14.1 Å².